The van der Waals surface area contributed by atoms with Crippen LogP contribution in [0, 0.1) is 11.6 Å². The molecule has 0 heterocycles. The Bertz CT molecular complexity index is 577. The Balaban J connectivity index is 2.00. The standard InChI is InChI=1S/C14H12BrF2NO/c15-10-3-1-2-9(6-10)14(19)8-18-11-4-5-12(16)13(17)7-11/h1-7,14,18-19H,8H2. The van der Waals surface area contributed by atoms with E-state index in [9.17, 15) is 13.9 Å². The number of benzene rings is 2. The van der Waals surface area contributed by atoms with Gasteiger partial charge >= 0.3 is 0 Å². The lowest BCUT2D eigenvalue weighted by molar-refractivity contribution is 0.191. The van der Waals surface area contributed by atoms with Crippen molar-refractivity contribution in [1.29, 1.82) is 0 Å². The summed E-state index contributed by atoms with van der Waals surface area (Å²) >= 11 is 3.32. The van der Waals surface area contributed by atoms with E-state index in [1.807, 2.05) is 12.1 Å². The van der Waals surface area contributed by atoms with Crippen LogP contribution in [0.2, 0.25) is 0 Å². The van der Waals surface area contributed by atoms with Crippen molar-refractivity contribution in [3.63, 3.8) is 0 Å². The van der Waals surface area contributed by atoms with E-state index in [0.717, 1.165) is 22.2 Å². The summed E-state index contributed by atoms with van der Waals surface area (Å²) in [6, 6.07) is 10.8. The minimum Gasteiger partial charge on any atom is -0.387 e. The van der Waals surface area contributed by atoms with E-state index in [1.165, 1.54) is 6.07 Å². The summed E-state index contributed by atoms with van der Waals surface area (Å²) in [6.07, 6.45) is -0.731. The largest absolute Gasteiger partial charge is 0.387 e. The van der Waals surface area contributed by atoms with Gasteiger partial charge in [0.2, 0.25) is 0 Å². The summed E-state index contributed by atoms with van der Waals surface area (Å²) < 4.78 is 26.6. The summed E-state index contributed by atoms with van der Waals surface area (Å²) in [5.74, 6) is -1.81. The molecular weight excluding hydrogens is 316 g/mol. The fourth-order valence-corrected chi connectivity index (χ4v) is 2.07. The number of nitrogens with one attached hydrogen (secondary N) is 1. The molecule has 0 radical (unpaired) electrons. The summed E-state index contributed by atoms with van der Waals surface area (Å²) in [5.41, 5.74) is 1.16. The third kappa shape index (κ3) is 3.75. The van der Waals surface area contributed by atoms with Crippen LogP contribution in [0.5, 0.6) is 0 Å². The molecule has 0 aromatic heterocycles. The molecule has 2 rings (SSSR count). The lowest BCUT2D eigenvalue weighted by Crippen LogP contribution is -2.12. The molecule has 0 aliphatic rings. The Kier molecular flexibility index (Phi) is 4.50. The van der Waals surface area contributed by atoms with E-state index in [-0.39, 0.29) is 6.54 Å². The van der Waals surface area contributed by atoms with Gasteiger partial charge in [0.25, 0.3) is 0 Å². The molecule has 5 heteroatoms. The number of anilines is 1. The molecule has 0 saturated heterocycles. The second-order valence-corrected chi connectivity index (χ2v) is 5.00. The monoisotopic (exact) mass is 327 g/mol. The highest BCUT2D eigenvalue weighted by Crippen LogP contribution is 2.19. The molecule has 1 unspecified atom stereocenters. The average molecular weight is 328 g/mol. The van der Waals surface area contributed by atoms with Crippen molar-refractivity contribution in [1.82, 2.24) is 0 Å². The zero-order valence-electron chi connectivity index (χ0n) is 9.91. The minimum atomic E-state index is -0.915. The van der Waals surface area contributed by atoms with E-state index in [4.69, 9.17) is 0 Å². The van der Waals surface area contributed by atoms with Crippen molar-refractivity contribution < 1.29 is 13.9 Å². The molecule has 1 atom stereocenters. The van der Waals surface area contributed by atoms with Crippen molar-refractivity contribution in [2.24, 2.45) is 0 Å². The molecule has 0 spiro atoms. The average Bonchev–Trinajstić information content (AvgIpc) is 2.40. The SMILES string of the molecule is OC(CNc1ccc(F)c(F)c1)c1cccc(Br)c1. The second-order valence-electron chi connectivity index (χ2n) is 4.08. The molecule has 2 aromatic rings. The first kappa shape index (κ1) is 14.0. The van der Waals surface area contributed by atoms with Crippen molar-refractivity contribution >= 4 is 21.6 Å². The van der Waals surface area contributed by atoms with E-state index in [2.05, 4.69) is 21.2 Å². The van der Waals surface area contributed by atoms with Crippen molar-refractivity contribution in [2.45, 2.75) is 6.10 Å². The van der Waals surface area contributed by atoms with Gasteiger partial charge in [-0.05, 0) is 29.8 Å². The minimum absolute atomic E-state index is 0.210. The highest BCUT2D eigenvalue weighted by Gasteiger charge is 2.08. The zero-order chi connectivity index (χ0) is 13.8. The number of hydrogen-bond acceptors (Lipinski definition) is 2. The Hall–Kier alpha value is -1.46. The van der Waals surface area contributed by atoms with Crippen LogP contribution in [-0.2, 0) is 0 Å². The third-order valence-electron chi connectivity index (χ3n) is 2.65. The highest BCUT2D eigenvalue weighted by atomic mass is 79.9. The van der Waals surface area contributed by atoms with Crippen LogP contribution in [-0.4, -0.2) is 11.7 Å². The lowest BCUT2D eigenvalue weighted by atomic mass is 10.1. The van der Waals surface area contributed by atoms with Crippen molar-refractivity contribution in [2.75, 3.05) is 11.9 Å². The van der Waals surface area contributed by atoms with E-state index >= 15 is 0 Å². The van der Waals surface area contributed by atoms with Crippen LogP contribution in [0.3, 0.4) is 0 Å². The summed E-state index contributed by atoms with van der Waals surface area (Å²) in [4.78, 5) is 0. The molecule has 2 nitrogen and oxygen atoms in total. The summed E-state index contributed by atoms with van der Waals surface area (Å²) in [5, 5.41) is 12.8. The Labute approximate surface area is 118 Å². The molecule has 100 valence electrons. The van der Waals surface area contributed by atoms with Crippen LogP contribution >= 0.6 is 15.9 Å². The summed E-state index contributed by atoms with van der Waals surface area (Å²) in [7, 11) is 0. The van der Waals surface area contributed by atoms with Crippen molar-refractivity contribution in [3.8, 4) is 0 Å². The maximum absolute atomic E-state index is 13.0. The van der Waals surface area contributed by atoms with Gasteiger partial charge in [-0.25, -0.2) is 8.78 Å². The smallest absolute Gasteiger partial charge is 0.160 e. The molecule has 0 saturated carbocycles. The fraction of sp³-hybridized carbons (Fsp3) is 0.143. The summed E-state index contributed by atoms with van der Waals surface area (Å²) in [6.45, 7) is 0.210. The number of halogens is 3. The predicted octanol–water partition coefficient (Wildman–Crippen LogP) is 3.87. The van der Waals surface area contributed by atoms with E-state index in [1.54, 1.807) is 12.1 Å². The predicted molar refractivity (Wildman–Crippen MR) is 73.9 cm³/mol. The number of aliphatic hydroxyl groups is 1. The fourth-order valence-electron chi connectivity index (χ4n) is 1.65. The molecule has 0 bridgehead atoms. The Morgan fingerprint density at radius 1 is 1.11 bits per heavy atom. The molecular formula is C14H12BrF2NO. The van der Waals surface area contributed by atoms with Crippen LogP contribution in [0.4, 0.5) is 14.5 Å². The zero-order valence-corrected chi connectivity index (χ0v) is 11.5. The van der Waals surface area contributed by atoms with Gasteiger partial charge in [-0.3, -0.25) is 0 Å². The van der Waals surface area contributed by atoms with Gasteiger partial charge in [0.15, 0.2) is 11.6 Å². The first-order chi connectivity index (χ1) is 9.06. The van der Waals surface area contributed by atoms with E-state index in [0.29, 0.717) is 5.69 Å². The maximum atomic E-state index is 13.0. The maximum Gasteiger partial charge on any atom is 0.160 e. The molecule has 2 aromatic carbocycles. The first-order valence-corrected chi connectivity index (χ1v) is 6.48. The van der Waals surface area contributed by atoms with Crippen LogP contribution in [0.1, 0.15) is 11.7 Å². The van der Waals surface area contributed by atoms with Crippen LogP contribution in [0.15, 0.2) is 46.9 Å². The molecule has 0 amide bonds. The number of hydrogen-bond donors (Lipinski definition) is 2. The Morgan fingerprint density at radius 3 is 2.58 bits per heavy atom. The number of rotatable bonds is 4. The molecule has 19 heavy (non-hydrogen) atoms. The lowest BCUT2D eigenvalue weighted by Gasteiger charge is -2.13. The molecule has 2 N–H and O–H groups in total. The van der Waals surface area contributed by atoms with Gasteiger partial charge < -0.3 is 10.4 Å². The Morgan fingerprint density at radius 2 is 1.89 bits per heavy atom. The second kappa shape index (κ2) is 6.12. The van der Waals surface area contributed by atoms with Gasteiger partial charge in [0.1, 0.15) is 0 Å². The van der Waals surface area contributed by atoms with Crippen LogP contribution in [0.25, 0.3) is 0 Å². The van der Waals surface area contributed by atoms with Crippen LogP contribution < -0.4 is 5.32 Å². The van der Waals surface area contributed by atoms with Gasteiger partial charge in [-0.1, -0.05) is 28.1 Å². The quantitative estimate of drug-likeness (QED) is 0.893. The molecule has 0 fully saturated rings. The van der Waals surface area contributed by atoms with E-state index < -0.39 is 17.7 Å². The van der Waals surface area contributed by atoms with Gasteiger partial charge in [0, 0.05) is 22.8 Å². The van der Waals surface area contributed by atoms with Crippen molar-refractivity contribution in [3.05, 3.63) is 64.1 Å². The number of aliphatic hydroxyl groups excluding tert-OH is 1. The van der Waals surface area contributed by atoms with Gasteiger partial charge in [0.05, 0.1) is 6.10 Å². The normalized spacial score (nSPS) is 12.2. The first-order valence-electron chi connectivity index (χ1n) is 5.69. The van der Waals surface area contributed by atoms with Gasteiger partial charge in [-0.15, -0.1) is 0 Å². The topological polar surface area (TPSA) is 32.3 Å². The molecule has 0 aliphatic heterocycles. The highest BCUT2D eigenvalue weighted by molar-refractivity contribution is 9.10. The van der Waals surface area contributed by atoms with Gasteiger partial charge in [-0.2, -0.15) is 0 Å². The third-order valence-corrected chi connectivity index (χ3v) is 3.15. The molecule has 0 aliphatic carbocycles.